The van der Waals surface area contributed by atoms with E-state index in [0.29, 0.717) is 0 Å². The van der Waals surface area contributed by atoms with E-state index in [9.17, 15) is 8.42 Å². The molecule has 1 aromatic carbocycles. The van der Waals surface area contributed by atoms with Gasteiger partial charge in [-0.1, -0.05) is 36.4 Å². The second kappa shape index (κ2) is 7.27. The first-order valence-electron chi connectivity index (χ1n) is 7.37. The van der Waals surface area contributed by atoms with E-state index in [1.165, 1.54) is 4.31 Å². The van der Waals surface area contributed by atoms with Gasteiger partial charge in [0.05, 0.1) is 17.1 Å². The number of hydrogen-bond acceptors (Lipinski definition) is 4. The molecule has 3 rings (SSSR count). The second-order valence-electron chi connectivity index (χ2n) is 5.32. The summed E-state index contributed by atoms with van der Waals surface area (Å²) < 4.78 is 28.5. The number of hydrogen-bond donors (Lipinski definition) is 2. The second-order valence-corrected chi connectivity index (χ2v) is 8.13. The van der Waals surface area contributed by atoms with Crippen molar-refractivity contribution >= 4 is 21.5 Å². The lowest BCUT2D eigenvalue weighted by atomic mass is 10.2. The van der Waals surface area contributed by atoms with Gasteiger partial charge in [-0.15, -0.1) is 11.3 Å². The quantitative estimate of drug-likeness (QED) is 0.678. The fourth-order valence-electron chi connectivity index (χ4n) is 2.20. The van der Waals surface area contributed by atoms with Gasteiger partial charge in [0.25, 0.3) is 10.2 Å². The number of H-pyrrole nitrogens is 1. The Kier molecular flexibility index (Phi) is 5.10. The molecule has 0 saturated carbocycles. The van der Waals surface area contributed by atoms with Crippen LogP contribution < -0.4 is 4.72 Å². The van der Waals surface area contributed by atoms with E-state index in [-0.39, 0.29) is 13.1 Å². The van der Waals surface area contributed by atoms with Crippen LogP contribution in [-0.2, 0) is 23.3 Å². The maximum atomic E-state index is 12.3. The molecule has 2 heterocycles. The Morgan fingerprint density at radius 2 is 2.00 bits per heavy atom. The van der Waals surface area contributed by atoms with Gasteiger partial charge in [0.2, 0.25) is 0 Å². The number of aromatic amines is 1. The molecule has 0 saturated heterocycles. The molecular formula is C16H18N4O2S2. The van der Waals surface area contributed by atoms with Crippen molar-refractivity contribution in [1.82, 2.24) is 19.2 Å². The molecule has 0 aliphatic heterocycles. The first-order valence-corrected chi connectivity index (χ1v) is 9.69. The molecule has 0 atom stereocenters. The molecule has 2 aromatic heterocycles. The normalized spacial score (nSPS) is 11.9. The first kappa shape index (κ1) is 16.8. The Labute approximate surface area is 145 Å². The first-order chi connectivity index (χ1) is 11.5. The van der Waals surface area contributed by atoms with Gasteiger partial charge in [-0.25, -0.2) is 0 Å². The molecule has 0 aliphatic carbocycles. The van der Waals surface area contributed by atoms with Gasteiger partial charge in [0.1, 0.15) is 5.69 Å². The van der Waals surface area contributed by atoms with E-state index < -0.39 is 10.2 Å². The highest BCUT2D eigenvalue weighted by molar-refractivity contribution is 7.87. The van der Waals surface area contributed by atoms with Crippen molar-refractivity contribution in [2.45, 2.75) is 13.1 Å². The number of thiophene rings is 1. The van der Waals surface area contributed by atoms with Crippen LogP contribution >= 0.6 is 11.3 Å². The predicted molar refractivity (Wildman–Crippen MR) is 95.6 cm³/mol. The molecule has 0 bridgehead atoms. The maximum absolute atomic E-state index is 12.3. The number of aromatic nitrogens is 2. The Morgan fingerprint density at radius 1 is 1.21 bits per heavy atom. The number of benzene rings is 1. The minimum absolute atomic E-state index is 0.225. The highest BCUT2D eigenvalue weighted by Gasteiger charge is 2.18. The van der Waals surface area contributed by atoms with Crippen LogP contribution in [0.2, 0.25) is 0 Å². The van der Waals surface area contributed by atoms with Crippen LogP contribution in [-0.4, -0.2) is 30.0 Å². The molecule has 126 valence electrons. The maximum Gasteiger partial charge on any atom is 0.279 e. The highest BCUT2D eigenvalue weighted by Crippen LogP contribution is 2.23. The predicted octanol–water partition coefficient (Wildman–Crippen LogP) is 2.60. The summed E-state index contributed by atoms with van der Waals surface area (Å²) >= 11 is 1.59. The van der Waals surface area contributed by atoms with Crippen molar-refractivity contribution in [1.29, 1.82) is 0 Å². The van der Waals surface area contributed by atoms with E-state index in [4.69, 9.17) is 0 Å². The summed E-state index contributed by atoms with van der Waals surface area (Å²) in [6.45, 7) is 0.486. The fraction of sp³-hybridized carbons (Fsp3) is 0.188. The Balaban J connectivity index is 1.62. The van der Waals surface area contributed by atoms with Crippen LogP contribution in [0, 0.1) is 0 Å². The summed E-state index contributed by atoms with van der Waals surface area (Å²) in [6, 6.07) is 15.2. The smallest absolute Gasteiger partial charge is 0.279 e. The van der Waals surface area contributed by atoms with Gasteiger partial charge in [-0.2, -0.15) is 22.5 Å². The van der Waals surface area contributed by atoms with E-state index in [2.05, 4.69) is 14.9 Å². The van der Waals surface area contributed by atoms with E-state index in [1.54, 1.807) is 18.4 Å². The molecule has 0 fully saturated rings. The third kappa shape index (κ3) is 4.09. The van der Waals surface area contributed by atoms with Crippen LogP contribution in [0.5, 0.6) is 0 Å². The number of nitrogens with zero attached hydrogens (tertiary/aromatic N) is 2. The van der Waals surface area contributed by atoms with Crippen molar-refractivity contribution in [3.8, 4) is 10.6 Å². The van der Waals surface area contributed by atoms with Crippen LogP contribution in [0.3, 0.4) is 0 Å². The molecule has 3 aromatic rings. The van der Waals surface area contributed by atoms with Gasteiger partial charge < -0.3 is 0 Å². The SMILES string of the molecule is CN(Cc1cc(-c2cccs2)n[nH]1)S(=O)(=O)NCc1ccccc1. The third-order valence-corrected chi connectivity index (χ3v) is 5.86. The highest BCUT2D eigenvalue weighted by atomic mass is 32.2. The molecular weight excluding hydrogens is 344 g/mol. The molecule has 0 unspecified atom stereocenters. The Bertz CT molecular complexity index is 874. The van der Waals surface area contributed by atoms with Crippen molar-refractivity contribution < 1.29 is 8.42 Å². The molecule has 0 radical (unpaired) electrons. The van der Waals surface area contributed by atoms with E-state index in [1.807, 2.05) is 53.9 Å². The monoisotopic (exact) mass is 362 g/mol. The van der Waals surface area contributed by atoms with Crippen LogP contribution in [0.15, 0.2) is 53.9 Å². The van der Waals surface area contributed by atoms with Crippen molar-refractivity contribution in [3.63, 3.8) is 0 Å². The van der Waals surface area contributed by atoms with Gasteiger partial charge in [-0.3, -0.25) is 5.10 Å². The minimum Gasteiger partial charge on any atom is -0.281 e. The Hall–Kier alpha value is -2.00. The van der Waals surface area contributed by atoms with Crippen LogP contribution in [0.25, 0.3) is 10.6 Å². The van der Waals surface area contributed by atoms with Crippen LogP contribution in [0.4, 0.5) is 0 Å². The van der Waals surface area contributed by atoms with E-state index >= 15 is 0 Å². The van der Waals surface area contributed by atoms with Crippen LogP contribution in [0.1, 0.15) is 11.3 Å². The average molecular weight is 362 g/mol. The van der Waals surface area contributed by atoms with Crippen molar-refractivity contribution in [3.05, 3.63) is 65.2 Å². The molecule has 24 heavy (non-hydrogen) atoms. The summed E-state index contributed by atoms with van der Waals surface area (Å²) in [6.07, 6.45) is 0. The molecule has 0 aliphatic rings. The lowest BCUT2D eigenvalue weighted by Crippen LogP contribution is -2.37. The average Bonchev–Trinajstić information content (AvgIpc) is 3.25. The topological polar surface area (TPSA) is 78.1 Å². The molecule has 6 nitrogen and oxygen atoms in total. The third-order valence-electron chi connectivity index (χ3n) is 3.51. The van der Waals surface area contributed by atoms with Gasteiger partial charge >= 0.3 is 0 Å². The lowest BCUT2D eigenvalue weighted by molar-refractivity contribution is 0.450. The zero-order chi connectivity index (χ0) is 17.0. The van der Waals surface area contributed by atoms with Crippen molar-refractivity contribution in [2.24, 2.45) is 0 Å². The lowest BCUT2D eigenvalue weighted by Gasteiger charge is -2.16. The largest absolute Gasteiger partial charge is 0.281 e. The van der Waals surface area contributed by atoms with E-state index in [0.717, 1.165) is 21.8 Å². The Morgan fingerprint density at radius 3 is 2.71 bits per heavy atom. The molecule has 0 amide bonds. The number of rotatable bonds is 7. The van der Waals surface area contributed by atoms with Crippen molar-refractivity contribution in [2.75, 3.05) is 7.05 Å². The van der Waals surface area contributed by atoms with Gasteiger partial charge in [0.15, 0.2) is 0 Å². The number of nitrogens with one attached hydrogen (secondary N) is 2. The summed E-state index contributed by atoms with van der Waals surface area (Å²) in [7, 11) is -2.02. The molecule has 0 spiro atoms. The molecule has 2 N–H and O–H groups in total. The zero-order valence-corrected chi connectivity index (χ0v) is 14.8. The summed E-state index contributed by atoms with van der Waals surface area (Å²) in [4.78, 5) is 1.05. The van der Waals surface area contributed by atoms with Gasteiger partial charge in [0, 0.05) is 13.6 Å². The molecule has 8 heteroatoms. The minimum atomic E-state index is -3.56. The summed E-state index contributed by atoms with van der Waals surface area (Å²) in [5, 5.41) is 9.10. The fourth-order valence-corrected chi connectivity index (χ4v) is 3.76. The van der Waals surface area contributed by atoms with Gasteiger partial charge in [-0.05, 0) is 23.1 Å². The summed E-state index contributed by atoms with van der Waals surface area (Å²) in [5.74, 6) is 0. The zero-order valence-electron chi connectivity index (χ0n) is 13.1. The summed E-state index contributed by atoms with van der Waals surface area (Å²) in [5.41, 5.74) is 2.48. The standard InChI is InChI=1S/C16H18N4O2S2/c1-20(24(21,22)17-11-13-6-3-2-4-7-13)12-14-10-15(19-18-14)16-8-5-9-23-16/h2-10,17H,11-12H2,1H3,(H,18,19).